The summed E-state index contributed by atoms with van der Waals surface area (Å²) < 4.78 is 11.4. The van der Waals surface area contributed by atoms with Crippen molar-refractivity contribution in [1.29, 1.82) is 0 Å². The van der Waals surface area contributed by atoms with E-state index in [1.165, 1.54) is 0 Å². The summed E-state index contributed by atoms with van der Waals surface area (Å²) in [6.45, 7) is 2.04. The maximum Gasteiger partial charge on any atom is 0.162 e. The number of rotatable bonds is 6. The molecule has 2 aromatic rings. The molecule has 0 amide bonds. The second kappa shape index (κ2) is 6.91. The molecule has 0 saturated heterocycles. The van der Waals surface area contributed by atoms with Crippen LogP contribution in [-0.2, 0) is 0 Å². The first-order valence-electron chi connectivity index (χ1n) is 6.71. The van der Waals surface area contributed by atoms with Crippen LogP contribution >= 0.6 is 0 Å². The van der Waals surface area contributed by atoms with Gasteiger partial charge in [0.05, 0.1) is 7.11 Å². The number of nitrogens with two attached hydrogens (primary N) is 1. The Bertz CT molecular complexity index is 531. The summed E-state index contributed by atoms with van der Waals surface area (Å²) in [7, 11) is 1.63. The van der Waals surface area contributed by atoms with Crippen LogP contribution in [0.5, 0.6) is 11.5 Å². The van der Waals surface area contributed by atoms with Crippen LogP contribution in [0.4, 0.5) is 0 Å². The van der Waals surface area contributed by atoms with E-state index in [1.807, 2.05) is 43.3 Å². The molecular formula is C16H20N2O2. The summed E-state index contributed by atoms with van der Waals surface area (Å²) in [5.41, 5.74) is 7.16. The number of para-hydroxylation sites is 2. The van der Waals surface area contributed by atoms with Gasteiger partial charge in [-0.15, -0.1) is 0 Å². The summed E-state index contributed by atoms with van der Waals surface area (Å²) in [6, 6.07) is 11.3. The van der Waals surface area contributed by atoms with Gasteiger partial charge in [-0.3, -0.25) is 4.98 Å². The van der Waals surface area contributed by atoms with Crippen molar-refractivity contribution in [3.8, 4) is 11.5 Å². The molecule has 2 N–H and O–H groups in total. The molecule has 1 aromatic heterocycles. The quantitative estimate of drug-likeness (QED) is 0.878. The number of pyridine rings is 1. The van der Waals surface area contributed by atoms with E-state index in [0.717, 1.165) is 12.0 Å². The van der Waals surface area contributed by atoms with Crippen LogP contribution in [0.3, 0.4) is 0 Å². The first-order chi connectivity index (χ1) is 9.76. The van der Waals surface area contributed by atoms with Gasteiger partial charge in [-0.1, -0.05) is 25.1 Å². The molecule has 1 heterocycles. The van der Waals surface area contributed by atoms with Crippen LogP contribution < -0.4 is 15.2 Å². The lowest BCUT2D eigenvalue weighted by Gasteiger charge is -2.25. The topological polar surface area (TPSA) is 57.4 Å². The molecule has 0 bridgehead atoms. The molecule has 0 aliphatic heterocycles. The van der Waals surface area contributed by atoms with E-state index in [-0.39, 0.29) is 12.1 Å². The predicted molar refractivity (Wildman–Crippen MR) is 78.9 cm³/mol. The highest BCUT2D eigenvalue weighted by molar-refractivity contribution is 5.40. The lowest BCUT2D eigenvalue weighted by atomic mass is 10.0. The fourth-order valence-electron chi connectivity index (χ4n) is 2.01. The predicted octanol–water partition coefficient (Wildman–Crippen LogP) is 2.95. The third-order valence-electron chi connectivity index (χ3n) is 3.20. The number of ether oxygens (including phenoxy) is 2. The summed E-state index contributed by atoms with van der Waals surface area (Å²) in [5, 5.41) is 0. The number of aromatic nitrogens is 1. The zero-order valence-electron chi connectivity index (χ0n) is 11.8. The molecule has 2 rings (SSSR count). The average molecular weight is 272 g/mol. The summed E-state index contributed by atoms with van der Waals surface area (Å²) in [6.07, 6.45) is 4.09. The molecule has 4 heteroatoms. The van der Waals surface area contributed by atoms with Gasteiger partial charge in [0.2, 0.25) is 0 Å². The van der Waals surface area contributed by atoms with Crippen LogP contribution in [0.25, 0.3) is 0 Å². The van der Waals surface area contributed by atoms with Crippen LogP contribution in [0.15, 0.2) is 48.8 Å². The molecule has 20 heavy (non-hydrogen) atoms. The molecule has 2 unspecified atom stereocenters. The number of hydrogen-bond donors (Lipinski definition) is 1. The van der Waals surface area contributed by atoms with E-state index in [4.69, 9.17) is 15.2 Å². The van der Waals surface area contributed by atoms with Crippen molar-refractivity contribution in [3.05, 3.63) is 54.4 Å². The van der Waals surface area contributed by atoms with Gasteiger partial charge < -0.3 is 15.2 Å². The van der Waals surface area contributed by atoms with Crippen molar-refractivity contribution < 1.29 is 9.47 Å². The number of hydrogen-bond acceptors (Lipinski definition) is 4. The van der Waals surface area contributed by atoms with Crippen molar-refractivity contribution in [2.45, 2.75) is 25.5 Å². The van der Waals surface area contributed by atoms with Gasteiger partial charge >= 0.3 is 0 Å². The molecule has 0 radical (unpaired) electrons. The van der Waals surface area contributed by atoms with Gasteiger partial charge in [0, 0.05) is 24.0 Å². The Morgan fingerprint density at radius 2 is 1.90 bits per heavy atom. The minimum Gasteiger partial charge on any atom is -0.493 e. The number of methoxy groups -OCH3 is 1. The van der Waals surface area contributed by atoms with E-state index in [1.54, 1.807) is 19.5 Å². The van der Waals surface area contributed by atoms with Gasteiger partial charge in [-0.2, -0.15) is 0 Å². The zero-order chi connectivity index (χ0) is 14.4. The Labute approximate surface area is 119 Å². The summed E-state index contributed by atoms with van der Waals surface area (Å²) in [5.74, 6) is 1.39. The second-order valence-electron chi connectivity index (χ2n) is 4.55. The Morgan fingerprint density at radius 3 is 2.50 bits per heavy atom. The monoisotopic (exact) mass is 272 g/mol. The van der Waals surface area contributed by atoms with Gasteiger partial charge in [-0.25, -0.2) is 0 Å². The maximum absolute atomic E-state index is 6.20. The first kappa shape index (κ1) is 14.3. The molecular weight excluding hydrogens is 252 g/mol. The maximum atomic E-state index is 6.20. The molecule has 106 valence electrons. The molecule has 2 atom stereocenters. The van der Waals surface area contributed by atoms with Crippen molar-refractivity contribution >= 4 is 0 Å². The van der Waals surface area contributed by atoms with E-state index in [0.29, 0.717) is 11.5 Å². The van der Waals surface area contributed by atoms with Gasteiger partial charge in [-0.05, 0) is 24.6 Å². The van der Waals surface area contributed by atoms with Crippen molar-refractivity contribution in [1.82, 2.24) is 4.98 Å². The zero-order valence-corrected chi connectivity index (χ0v) is 11.8. The molecule has 0 saturated carbocycles. The SMILES string of the molecule is CCC(N)C(Oc1ccccc1OC)c1cccnc1. The third-order valence-corrected chi connectivity index (χ3v) is 3.20. The fourth-order valence-corrected chi connectivity index (χ4v) is 2.01. The Morgan fingerprint density at radius 1 is 1.15 bits per heavy atom. The van der Waals surface area contributed by atoms with E-state index in [2.05, 4.69) is 4.98 Å². The highest BCUT2D eigenvalue weighted by Crippen LogP contribution is 2.32. The largest absolute Gasteiger partial charge is 0.493 e. The second-order valence-corrected chi connectivity index (χ2v) is 4.55. The van der Waals surface area contributed by atoms with Crippen LogP contribution in [0.2, 0.25) is 0 Å². The van der Waals surface area contributed by atoms with E-state index in [9.17, 15) is 0 Å². The van der Waals surface area contributed by atoms with E-state index < -0.39 is 0 Å². The molecule has 0 fully saturated rings. The minimum absolute atomic E-state index is 0.107. The van der Waals surface area contributed by atoms with Crippen LogP contribution in [-0.4, -0.2) is 18.1 Å². The van der Waals surface area contributed by atoms with Crippen molar-refractivity contribution in [2.24, 2.45) is 5.73 Å². The molecule has 0 aliphatic rings. The molecule has 0 aliphatic carbocycles. The molecule has 1 aromatic carbocycles. The van der Waals surface area contributed by atoms with Crippen LogP contribution in [0, 0.1) is 0 Å². The Hall–Kier alpha value is -2.07. The van der Waals surface area contributed by atoms with Crippen molar-refractivity contribution in [2.75, 3.05) is 7.11 Å². The number of nitrogens with zero attached hydrogens (tertiary/aromatic N) is 1. The summed E-state index contributed by atoms with van der Waals surface area (Å²) in [4.78, 5) is 4.14. The van der Waals surface area contributed by atoms with Gasteiger partial charge in [0.15, 0.2) is 11.5 Å². The third kappa shape index (κ3) is 3.27. The first-order valence-corrected chi connectivity index (χ1v) is 6.71. The highest BCUT2D eigenvalue weighted by atomic mass is 16.5. The Kier molecular flexibility index (Phi) is 4.96. The standard InChI is InChI=1S/C16H20N2O2/c1-3-13(17)16(12-7-6-10-18-11-12)20-15-9-5-4-8-14(15)19-2/h4-11,13,16H,3,17H2,1-2H3. The highest BCUT2D eigenvalue weighted by Gasteiger charge is 2.22. The van der Waals surface area contributed by atoms with Gasteiger partial charge in [0.1, 0.15) is 6.10 Å². The smallest absolute Gasteiger partial charge is 0.162 e. The number of benzene rings is 1. The molecule has 0 spiro atoms. The van der Waals surface area contributed by atoms with E-state index >= 15 is 0 Å². The minimum atomic E-state index is -0.245. The normalized spacial score (nSPS) is 13.6. The van der Waals surface area contributed by atoms with Crippen LogP contribution in [0.1, 0.15) is 25.0 Å². The average Bonchev–Trinajstić information content (AvgIpc) is 2.53. The molecule has 4 nitrogen and oxygen atoms in total. The fraction of sp³-hybridized carbons (Fsp3) is 0.312. The Balaban J connectivity index is 2.29. The van der Waals surface area contributed by atoms with Gasteiger partial charge in [0.25, 0.3) is 0 Å². The van der Waals surface area contributed by atoms with Crippen molar-refractivity contribution in [3.63, 3.8) is 0 Å². The summed E-state index contributed by atoms with van der Waals surface area (Å²) >= 11 is 0. The lowest BCUT2D eigenvalue weighted by molar-refractivity contribution is 0.164. The lowest BCUT2D eigenvalue weighted by Crippen LogP contribution is -2.31.